The number of benzene rings is 1. The number of piperazine rings is 1. The highest BCUT2D eigenvalue weighted by atomic mass is 16.5. The van der Waals surface area contributed by atoms with Crippen molar-refractivity contribution in [1.29, 1.82) is 0 Å². The lowest BCUT2D eigenvalue weighted by Crippen LogP contribution is -2.52. The van der Waals surface area contributed by atoms with E-state index in [4.69, 9.17) is 5.73 Å². The molecule has 1 aromatic rings. The van der Waals surface area contributed by atoms with Gasteiger partial charge in [-0.15, -0.1) is 0 Å². The Balaban J connectivity index is 1.93. The maximum Gasteiger partial charge on any atom is 0.409 e. The Labute approximate surface area is 118 Å². The molecule has 1 aliphatic rings. The molecule has 0 bridgehead atoms. The second kappa shape index (κ2) is 6.38. The van der Waals surface area contributed by atoms with Gasteiger partial charge in [0.05, 0.1) is 7.11 Å². The first kappa shape index (κ1) is 14.3. The summed E-state index contributed by atoms with van der Waals surface area (Å²) in [7, 11) is 1.35. The van der Waals surface area contributed by atoms with E-state index < -0.39 is 6.04 Å². The van der Waals surface area contributed by atoms with E-state index in [1.807, 2.05) is 30.3 Å². The van der Waals surface area contributed by atoms with Crippen LogP contribution in [0.25, 0.3) is 0 Å². The topological polar surface area (TPSA) is 75.9 Å². The van der Waals surface area contributed by atoms with Crippen molar-refractivity contribution in [2.75, 3.05) is 33.3 Å². The highest BCUT2D eigenvalue weighted by Crippen LogP contribution is 2.14. The molecule has 0 unspecified atom stereocenters. The predicted octanol–water partition coefficient (Wildman–Crippen LogP) is 0.597. The molecule has 0 aromatic heterocycles. The van der Waals surface area contributed by atoms with E-state index in [1.165, 1.54) is 7.11 Å². The van der Waals surface area contributed by atoms with Gasteiger partial charge in [-0.1, -0.05) is 30.3 Å². The van der Waals surface area contributed by atoms with Crippen LogP contribution >= 0.6 is 0 Å². The van der Waals surface area contributed by atoms with E-state index in [0.717, 1.165) is 5.56 Å². The second-order valence-electron chi connectivity index (χ2n) is 4.67. The Kier molecular flexibility index (Phi) is 4.57. The quantitative estimate of drug-likeness (QED) is 0.858. The average Bonchev–Trinajstić information content (AvgIpc) is 2.53. The number of hydrogen-bond acceptors (Lipinski definition) is 4. The largest absolute Gasteiger partial charge is 0.453 e. The Morgan fingerprint density at radius 3 is 2.20 bits per heavy atom. The zero-order chi connectivity index (χ0) is 14.5. The van der Waals surface area contributed by atoms with Gasteiger partial charge in [0.2, 0.25) is 5.91 Å². The molecule has 1 fully saturated rings. The summed E-state index contributed by atoms with van der Waals surface area (Å²) in [5.41, 5.74) is 6.79. The summed E-state index contributed by atoms with van der Waals surface area (Å²) in [4.78, 5) is 27.0. The average molecular weight is 277 g/mol. The van der Waals surface area contributed by atoms with Gasteiger partial charge in [0.25, 0.3) is 0 Å². The molecule has 2 amide bonds. The van der Waals surface area contributed by atoms with E-state index in [1.54, 1.807) is 9.80 Å². The third kappa shape index (κ3) is 3.08. The van der Waals surface area contributed by atoms with Crippen LogP contribution in [-0.4, -0.2) is 55.1 Å². The van der Waals surface area contributed by atoms with E-state index in [9.17, 15) is 9.59 Å². The fourth-order valence-electron chi connectivity index (χ4n) is 2.24. The van der Waals surface area contributed by atoms with Gasteiger partial charge in [0.15, 0.2) is 0 Å². The minimum atomic E-state index is -0.652. The van der Waals surface area contributed by atoms with Gasteiger partial charge in [-0.05, 0) is 5.56 Å². The molecule has 6 heteroatoms. The maximum atomic E-state index is 12.3. The van der Waals surface area contributed by atoms with E-state index in [2.05, 4.69) is 4.74 Å². The monoisotopic (exact) mass is 277 g/mol. The van der Waals surface area contributed by atoms with Crippen LogP contribution in [0.1, 0.15) is 11.6 Å². The number of hydrogen-bond donors (Lipinski definition) is 1. The minimum Gasteiger partial charge on any atom is -0.453 e. The Morgan fingerprint density at radius 1 is 1.10 bits per heavy atom. The first-order valence-electron chi connectivity index (χ1n) is 6.55. The van der Waals surface area contributed by atoms with Crippen molar-refractivity contribution in [2.45, 2.75) is 6.04 Å². The van der Waals surface area contributed by atoms with Gasteiger partial charge in [0.1, 0.15) is 6.04 Å². The van der Waals surface area contributed by atoms with Crippen LogP contribution in [0.2, 0.25) is 0 Å². The summed E-state index contributed by atoms with van der Waals surface area (Å²) in [5.74, 6) is -0.110. The minimum absolute atomic E-state index is 0.110. The molecule has 1 saturated heterocycles. The molecular weight excluding hydrogens is 258 g/mol. The first-order valence-corrected chi connectivity index (χ1v) is 6.55. The van der Waals surface area contributed by atoms with E-state index in [-0.39, 0.29) is 12.0 Å². The van der Waals surface area contributed by atoms with Crippen molar-refractivity contribution >= 4 is 12.0 Å². The van der Waals surface area contributed by atoms with Gasteiger partial charge in [-0.3, -0.25) is 4.79 Å². The zero-order valence-electron chi connectivity index (χ0n) is 11.5. The summed E-state index contributed by atoms with van der Waals surface area (Å²) in [6.07, 6.45) is -0.357. The molecule has 6 nitrogen and oxygen atoms in total. The van der Waals surface area contributed by atoms with Crippen LogP contribution in [-0.2, 0) is 9.53 Å². The molecule has 1 atom stereocenters. The number of carbonyl (C=O) groups excluding carboxylic acids is 2. The number of nitrogens with zero attached hydrogens (tertiary/aromatic N) is 2. The lowest BCUT2D eigenvalue weighted by Gasteiger charge is -2.35. The first-order chi connectivity index (χ1) is 9.63. The van der Waals surface area contributed by atoms with Crippen LogP contribution < -0.4 is 5.73 Å². The summed E-state index contributed by atoms with van der Waals surface area (Å²) >= 11 is 0. The predicted molar refractivity (Wildman–Crippen MR) is 73.9 cm³/mol. The van der Waals surface area contributed by atoms with Gasteiger partial charge < -0.3 is 20.3 Å². The SMILES string of the molecule is COC(=O)N1CCN(C(=O)[C@H](N)c2ccccc2)CC1. The Bertz CT molecular complexity index is 470. The van der Waals surface area contributed by atoms with Crippen molar-refractivity contribution in [1.82, 2.24) is 9.80 Å². The Hall–Kier alpha value is -2.08. The second-order valence-corrected chi connectivity index (χ2v) is 4.67. The van der Waals surface area contributed by atoms with E-state index in [0.29, 0.717) is 26.2 Å². The lowest BCUT2D eigenvalue weighted by molar-refractivity contribution is -0.134. The highest BCUT2D eigenvalue weighted by molar-refractivity contribution is 5.83. The zero-order valence-corrected chi connectivity index (χ0v) is 11.5. The molecule has 2 N–H and O–H groups in total. The van der Waals surface area contributed by atoms with Gasteiger partial charge in [-0.2, -0.15) is 0 Å². The molecule has 0 spiro atoms. The number of carbonyl (C=O) groups is 2. The van der Waals surface area contributed by atoms with Crippen molar-refractivity contribution in [3.05, 3.63) is 35.9 Å². The third-order valence-corrected chi connectivity index (χ3v) is 3.45. The van der Waals surface area contributed by atoms with Crippen LogP contribution in [0, 0.1) is 0 Å². The molecule has 1 aliphatic heterocycles. The van der Waals surface area contributed by atoms with Crippen molar-refractivity contribution < 1.29 is 14.3 Å². The fourth-order valence-corrected chi connectivity index (χ4v) is 2.24. The molecule has 0 radical (unpaired) electrons. The standard InChI is InChI=1S/C14H19N3O3/c1-20-14(19)17-9-7-16(8-10-17)13(18)12(15)11-5-3-2-4-6-11/h2-6,12H,7-10,15H2,1H3/t12-/m1/s1. The van der Waals surface area contributed by atoms with Crippen LogP contribution in [0.15, 0.2) is 30.3 Å². The van der Waals surface area contributed by atoms with Crippen molar-refractivity contribution in [3.8, 4) is 0 Å². The molecule has 0 aliphatic carbocycles. The summed E-state index contributed by atoms with van der Waals surface area (Å²) in [5, 5.41) is 0. The van der Waals surface area contributed by atoms with Crippen molar-refractivity contribution in [3.63, 3.8) is 0 Å². The fraction of sp³-hybridized carbons (Fsp3) is 0.429. The molecular formula is C14H19N3O3. The van der Waals surface area contributed by atoms with E-state index >= 15 is 0 Å². The number of rotatable bonds is 2. The number of methoxy groups -OCH3 is 1. The highest BCUT2D eigenvalue weighted by Gasteiger charge is 2.27. The van der Waals surface area contributed by atoms with Crippen LogP contribution in [0.4, 0.5) is 4.79 Å². The molecule has 108 valence electrons. The number of ether oxygens (including phenoxy) is 1. The Morgan fingerprint density at radius 2 is 1.65 bits per heavy atom. The normalized spacial score (nSPS) is 16.7. The molecule has 0 saturated carbocycles. The summed E-state index contributed by atoms with van der Waals surface area (Å²) in [6.45, 7) is 1.91. The smallest absolute Gasteiger partial charge is 0.409 e. The molecule has 2 rings (SSSR count). The van der Waals surface area contributed by atoms with Gasteiger partial charge in [-0.25, -0.2) is 4.79 Å². The summed E-state index contributed by atoms with van der Waals surface area (Å²) < 4.78 is 4.66. The molecule has 1 heterocycles. The number of amides is 2. The van der Waals surface area contributed by atoms with Crippen molar-refractivity contribution in [2.24, 2.45) is 5.73 Å². The van der Waals surface area contributed by atoms with Gasteiger partial charge in [0, 0.05) is 26.2 Å². The maximum absolute atomic E-state index is 12.3. The van der Waals surface area contributed by atoms with Gasteiger partial charge >= 0.3 is 6.09 Å². The molecule has 1 aromatic carbocycles. The van der Waals surface area contributed by atoms with Crippen LogP contribution in [0.5, 0.6) is 0 Å². The molecule has 20 heavy (non-hydrogen) atoms. The number of nitrogens with two attached hydrogens (primary N) is 1. The third-order valence-electron chi connectivity index (χ3n) is 3.45. The summed E-state index contributed by atoms with van der Waals surface area (Å²) in [6, 6.07) is 8.63. The van der Waals surface area contributed by atoms with Crippen LogP contribution in [0.3, 0.4) is 0 Å². The lowest BCUT2D eigenvalue weighted by atomic mass is 10.1.